The normalized spacial score (nSPS) is 27.2. The first-order valence-electron chi connectivity index (χ1n) is 9.79. The molecule has 2 aliphatic rings. The molecule has 3 atom stereocenters. The molecule has 7 nitrogen and oxygen atoms in total. The van der Waals surface area contributed by atoms with Gasteiger partial charge in [-0.25, -0.2) is 0 Å². The molecule has 27 heavy (non-hydrogen) atoms. The van der Waals surface area contributed by atoms with E-state index in [4.69, 9.17) is 4.74 Å². The van der Waals surface area contributed by atoms with Crippen molar-refractivity contribution in [2.75, 3.05) is 32.8 Å². The van der Waals surface area contributed by atoms with Gasteiger partial charge in [0.1, 0.15) is 6.29 Å². The zero-order valence-corrected chi connectivity index (χ0v) is 16.2. The molecular weight excluding hydrogens is 344 g/mol. The van der Waals surface area contributed by atoms with Crippen LogP contribution < -0.4 is 10.6 Å². The largest absolute Gasteiger partial charge is 0.466 e. The molecular formula is C20H30N4O3. The Morgan fingerprint density at radius 2 is 1.89 bits per heavy atom. The summed E-state index contributed by atoms with van der Waals surface area (Å²) in [5, 5.41) is 6.47. The Morgan fingerprint density at radius 3 is 2.52 bits per heavy atom. The molecule has 1 amide bonds. The Balaban J connectivity index is 1.48. The second kappa shape index (κ2) is 9.30. The smallest absolute Gasteiger partial charge is 0.306 e. The number of hydrogen-bond donors (Lipinski definition) is 2. The number of hydrogen-bond acceptors (Lipinski definition) is 6. The van der Waals surface area contributed by atoms with Crippen molar-refractivity contribution in [1.29, 1.82) is 0 Å². The Hall–Kier alpha value is -1.96. The zero-order chi connectivity index (χ0) is 19.2. The van der Waals surface area contributed by atoms with E-state index >= 15 is 0 Å². The van der Waals surface area contributed by atoms with E-state index in [9.17, 15) is 9.59 Å². The third-order valence-corrected chi connectivity index (χ3v) is 5.35. The van der Waals surface area contributed by atoms with Crippen molar-refractivity contribution in [2.45, 2.75) is 39.1 Å². The van der Waals surface area contributed by atoms with Crippen molar-refractivity contribution in [3.63, 3.8) is 0 Å². The monoisotopic (exact) mass is 374 g/mol. The number of ether oxygens (including phenoxy) is 1. The summed E-state index contributed by atoms with van der Waals surface area (Å²) in [7, 11) is 0. The number of piperazine rings is 1. The molecule has 7 heteroatoms. The van der Waals surface area contributed by atoms with Gasteiger partial charge in [-0.2, -0.15) is 0 Å². The van der Waals surface area contributed by atoms with E-state index in [1.165, 1.54) is 5.56 Å². The van der Waals surface area contributed by atoms with Crippen LogP contribution in [0, 0.1) is 5.92 Å². The van der Waals surface area contributed by atoms with Gasteiger partial charge in [0, 0.05) is 38.8 Å². The Kier molecular flexibility index (Phi) is 6.82. The molecule has 3 rings (SSSR count). The number of esters is 1. The van der Waals surface area contributed by atoms with Gasteiger partial charge in [0.2, 0.25) is 5.91 Å². The third kappa shape index (κ3) is 5.28. The second-order valence-corrected chi connectivity index (χ2v) is 7.28. The lowest BCUT2D eigenvalue weighted by Crippen LogP contribution is -2.68. The topological polar surface area (TPSA) is 73.9 Å². The van der Waals surface area contributed by atoms with E-state index < -0.39 is 0 Å². The minimum atomic E-state index is -0.389. The van der Waals surface area contributed by atoms with Gasteiger partial charge in [0.15, 0.2) is 0 Å². The summed E-state index contributed by atoms with van der Waals surface area (Å²) in [4.78, 5) is 28.9. The average Bonchev–Trinajstić information content (AvgIpc) is 2.66. The summed E-state index contributed by atoms with van der Waals surface area (Å²) >= 11 is 0. The molecule has 0 aliphatic carbocycles. The van der Waals surface area contributed by atoms with Gasteiger partial charge in [0.05, 0.1) is 18.9 Å². The van der Waals surface area contributed by atoms with Crippen LogP contribution in [0.5, 0.6) is 0 Å². The van der Waals surface area contributed by atoms with Crippen LogP contribution in [0.25, 0.3) is 0 Å². The van der Waals surface area contributed by atoms with E-state index in [0.717, 1.165) is 32.7 Å². The fourth-order valence-corrected chi connectivity index (χ4v) is 3.76. The van der Waals surface area contributed by atoms with Gasteiger partial charge in [-0.3, -0.25) is 24.7 Å². The summed E-state index contributed by atoms with van der Waals surface area (Å²) in [6.45, 7) is 8.73. The van der Waals surface area contributed by atoms with Crippen molar-refractivity contribution >= 4 is 11.9 Å². The molecule has 2 aliphatic heterocycles. The third-order valence-electron chi connectivity index (χ3n) is 5.35. The molecule has 3 unspecified atom stereocenters. The highest BCUT2D eigenvalue weighted by atomic mass is 16.5. The van der Waals surface area contributed by atoms with Crippen molar-refractivity contribution in [3.8, 4) is 0 Å². The van der Waals surface area contributed by atoms with Crippen LogP contribution >= 0.6 is 0 Å². The Morgan fingerprint density at radius 1 is 1.19 bits per heavy atom. The first-order chi connectivity index (χ1) is 13.1. The quantitative estimate of drug-likeness (QED) is 0.717. The number of rotatable bonds is 6. The zero-order valence-electron chi connectivity index (χ0n) is 16.2. The van der Waals surface area contributed by atoms with E-state index in [1.807, 2.05) is 13.0 Å². The number of benzene rings is 1. The van der Waals surface area contributed by atoms with Crippen LogP contribution in [0.3, 0.4) is 0 Å². The van der Waals surface area contributed by atoms with Crippen molar-refractivity contribution in [1.82, 2.24) is 20.4 Å². The van der Waals surface area contributed by atoms with E-state index in [-0.39, 0.29) is 36.5 Å². The van der Waals surface area contributed by atoms with Gasteiger partial charge in [0.25, 0.3) is 0 Å². The minimum absolute atomic E-state index is 0.0736. The molecule has 0 aromatic heterocycles. The number of amides is 1. The van der Waals surface area contributed by atoms with Crippen LogP contribution in [-0.4, -0.2) is 66.8 Å². The highest BCUT2D eigenvalue weighted by Gasteiger charge is 2.37. The fraction of sp³-hybridized carbons (Fsp3) is 0.600. The predicted octanol–water partition coefficient (Wildman–Crippen LogP) is 0.765. The standard InChI is InChI=1S/C20H30N4O3/c1-3-27-18(25)13-17-15(2)21-20(22-19(17)26)24-11-9-23(10-12-24)14-16-7-5-4-6-8-16/h4-8,15,17,20-21H,3,9-14H2,1-2H3,(H,22,26). The summed E-state index contributed by atoms with van der Waals surface area (Å²) in [5.74, 6) is -0.787. The second-order valence-electron chi connectivity index (χ2n) is 7.28. The molecule has 148 valence electrons. The SMILES string of the molecule is CCOC(=O)CC1C(=O)NC(N2CCN(Cc3ccccc3)CC2)NC1C. The summed E-state index contributed by atoms with van der Waals surface area (Å²) in [6.07, 6.45) is -0.0596. The summed E-state index contributed by atoms with van der Waals surface area (Å²) in [6, 6.07) is 10.4. The summed E-state index contributed by atoms with van der Waals surface area (Å²) < 4.78 is 4.98. The highest BCUT2D eigenvalue weighted by Crippen LogP contribution is 2.18. The lowest BCUT2D eigenvalue weighted by atomic mass is 9.94. The fourth-order valence-electron chi connectivity index (χ4n) is 3.76. The maximum Gasteiger partial charge on any atom is 0.306 e. The molecule has 2 saturated heterocycles. The molecule has 1 aromatic carbocycles. The molecule has 2 heterocycles. The molecule has 0 spiro atoms. The molecule has 0 bridgehead atoms. The van der Waals surface area contributed by atoms with Crippen molar-refractivity contribution < 1.29 is 14.3 Å². The highest BCUT2D eigenvalue weighted by molar-refractivity contribution is 5.85. The number of nitrogens with zero attached hydrogens (tertiary/aromatic N) is 2. The van der Waals surface area contributed by atoms with Crippen molar-refractivity contribution in [2.24, 2.45) is 5.92 Å². The Bertz CT molecular complexity index is 631. The number of carbonyl (C=O) groups is 2. The molecule has 2 fully saturated rings. The van der Waals surface area contributed by atoms with Gasteiger partial charge in [-0.15, -0.1) is 0 Å². The van der Waals surface area contributed by atoms with Crippen LogP contribution in [0.2, 0.25) is 0 Å². The maximum atomic E-state index is 12.5. The molecule has 2 N–H and O–H groups in total. The van der Waals surface area contributed by atoms with Gasteiger partial charge in [-0.05, 0) is 19.4 Å². The van der Waals surface area contributed by atoms with Crippen LogP contribution in [0.1, 0.15) is 25.8 Å². The van der Waals surface area contributed by atoms with Gasteiger partial charge >= 0.3 is 5.97 Å². The average molecular weight is 374 g/mol. The lowest BCUT2D eigenvalue weighted by molar-refractivity contribution is -0.149. The lowest BCUT2D eigenvalue weighted by Gasteiger charge is -2.44. The first kappa shape index (κ1) is 19.8. The van der Waals surface area contributed by atoms with E-state index in [1.54, 1.807) is 6.92 Å². The van der Waals surface area contributed by atoms with Crippen LogP contribution in [-0.2, 0) is 20.9 Å². The van der Waals surface area contributed by atoms with E-state index in [0.29, 0.717) is 6.61 Å². The molecule has 0 radical (unpaired) electrons. The van der Waals surface area contributed by atoms with E-state index in [2.05, 4.69) is 44.7 Å². The van der Waals surface area contributed by atoms with Gasteiger partial charge < -0.3 is 10.1 Å². The van der Waals surface area contributed by atoms with Gasteiger partial charge in [-0.1, -0.05) is 30.3 Å². The number of carbonyl (C=O) groups excluding carboxylic acids is 2. The minimum Gasteiger partial charge on any atom is -0.466 e. The maximum absolute atomic E-state index is 12.5. The molecule has 0 saturated carbocycles. The number of nitrogens with one attached hydrogen (secondary N) is 2. The summed E-state index contributed by atoms with van der Waals surface area (Å²) in [5.41, 5.74) is 1.32. The van der Waals surface area contributed by atoms with Crippen molar-refractivity contribution in [3.05, 3.63) is 35.9 Å². The molecule has 1 aromatic rings. The van der Waals surface area contributed by atoms with Crippen LogP contribution in [0.15, 0.2) is 30.3 Å². The van der Waals surface area contributed by atoms with Crippen LogP contribution in [0.4, 0.5) is 0 Å². The Labute approximate surface area is 161 Å². The predicted molar refractivity (Wildman–Crippen MR) is 103 cm³/mol. The first-order valence-corrected chi connectivity index (χ1v) is 9.79.